The number of fused-ring (bicyclic) bond motifs is 6. The Morgan fingerprint density at radius 1 is 0.308 bits per heavy atom. The maximum Gasteiger partial charge on any atom is 0.407 e. The van der Waals surface area contributed by atoms with Gasteiger partial charge in [-0.1, -0.05) is 97.1 Å². The average Bonchev–Trinajstić information content (AvgIpc) is 1.61. The lowest BCUT2D eigenvalue weighted by atomic mass is 9.83. The van der Waals surface area contributed by atoms with E-state index < -0.39 is 258 Å². The molecule has 0 aromatic heterocycles. The third-order valence-electron chi connectivity index (χ3n) is 19.4. The summed E-state index contributed by atoms with van der Waals surface area (Å²) in [6, 6.07) is 29.2. The van der Waals surface area contributed by atoms with E-state index in [0.29, 0.717) is 24.3 Å². The number of carbonyl (C=O) groups is 12. The summed E-state index contributed by atoms with van der Waals surface area (Å²) in [5.74, 6) is -58.0. The van der Waals surface area contributed by atoms with Crippen LogP contribution in [0.2, 0.25) is 0 Å². The van der Waals surface area contributed by atoms with Crippen LogP contribution in [-0.2, 0) is 76.4 Å². The number of alkyl carbamates (subject to hydrolysis) is 2. The number of esters is 3. The molecule has 7 aromatic carbocycles. The number of hydrogen-bond donors (Lipinski definition) is 10. The molecule has 9 rings (SSSR count). The molecule has 0 saturated heterocycles. The molecule has 0 bridgehead atoms. The molecule has 0 radical (unpaired) electrons. The molecule has 0 spiro atoms. The van der Waals surface area contributed by atoms with Gasteiger partial charge in [0.05, 0.1) is 26.4 Å². The van der Waals surface area contributed by atoms with Gasteiger partial charge in [0, 0.05) is 87.6 Å². The van der Waals surface area contributed by atoms with Gasteiger partial charge in [-0.25, -0.2) is 68.3 Å². The van der Waals surface area contributed by atoms with Gasteiger partial charge in [0.25, 0.3) is 0 Å². The molecule has 130 heavy (non-hydrogen) atoms. The number of benzene rings is 7. The van der Waals surface area contributed by atoms with E-state index in [1.807, 2.05) is 48.5 Å². The monoisotopic (exact) mass is 1860 g/mol. The molecular formula is C84H81F15N6O25. The second-order valence-electron chi connectivity index (χ2n) is 28.2. The van der Waals surface area contributed by atoms with Crippen molar-refractivity contribution in [1.82, 2.24) is 26.6 Å². The summed E-state index contributed by atoms with van der Waals surface area (Å²) in [6.45, 7) is -1.87. The van der Waals surface area contributed by atoms with E-state index in [-0.39, 0.29) is 97.1 Å². The van der Waals surface area contributed by atoms with Crippen molar-refractivity contribution in [2.24, 2.45) is 5.73 Å². The zero-order chi connectivity index (χ0) is 95.7. The quantitative estimate of drug-likeness (QED) is 0.00423. The average molecular weight is 1860 g/mol. The van der Waals surface area contributed by atoms with Crippen molar-refractivity contribution in [3.05, 3.63) is 207 Å². The minimum Gasteiger partial charge on any atom is -0.480 e. The van der Waals surface area contributed by atoms with Crippen LogP contribution in [0.4, 0.5) is 75.4 Å². The number of ether oxygens (including phenoxy) is 9. The first-order chi connectivity index (χ1) is 61.7. The first-order valence-electron chi connectivity index (χ1n) is 38.9. The maximum atomic E-state index is 14.4. The molecule has 0 unspecified atom stereocenters. The summed E-state index contributed by atoms with van der Waals surface area (Å²) < 4.78 is 255. The molecule has 0 atom stereocenters. The fraction of sp³-hybridized carbons (Fsp3) is 0.357. The second-order valence-corrected chi connectivity index (χ2v) is 28.2. The van der Waals surface area contributed by atoms with Gasteiger partial charge in [0.2, 0.25) is 122 Å². The topological polar surface area (TPSA) is 455 Å². The summed E-state index contributed by atoms with van der Waals surface area (Å²) in [5, 5.41) is 47.1. The number of amides is 5. The first-order valence-corrected chi connectivity index (χ1v) is 38.9. The highest BCUT2D eigenvalue weighted by Gasteiger charge is 2.41. The molecule has 46 heteroatoms. The Hall–Kier alpha value is -13.5. The smallest absolute Gasteiger partial charge is 0.407 e. The van der Waals surface area contributed by atoms with Crippen LogP contribution in [0, 0.1) is 87.3 Å². The molecule has 7 aromatic rings. The highest BCUT2D eigenvalue weighted by atomic mass is 19.2. The molecule has 5 amide bonds. The summed E-state index contributed by atoms with van der Waals surface area (Å²) in [7, 11) is 0. The van der Waals surface area contributed by atoms with Crippen LogP contribution in [0.3, 0.4) is 0 Å². The largest absolute Gasteiger partial charge is 0.480 e. The van der Waals surface area contributed by atoms with Crippen molar-refractivity contribution < 1.29 is 186 Å². The van der Waals surface area contributed by atoms with Gasteiger partial charge in [-0.05, 0) is 83.0 Å². The van der Waals surface area contributed by atoms with Crippen molar-refractivity contribution in [3.63, 3.8) is 0 Å². The molecule has 0 aliphatic heterocycles. The fourth-order valence-electron chi connectivity index (χ4n) is 13.2. The zero-order valence-corrected chi connectivity index (χ0v) is 67.9. The molecule has 702 valence electrons. The molecular weight excluding hydrogens is 1780 g/mol. The lowest BCUT2D eigenvalue weighted by Gasteiger charge is -2.35. The number of carboxylic acids is 4. The Balaban J connectivity index is 0.000000333. The Kier molecular flexibility index (Phi) is 39.6. The van der Waals surface area contributed by atoms with Crippen LogP contribution < -0.4 is 46.5 Å². The van der Waals surface area contributed by atoms with Crippen LogP contribution >= 0.6 is 0 Å². The van der Waals surface area contributed by atoms with Gasteiger partial charge in [-0.3, -0.25) is 28.8 Å². The van der Waals surface area contributed by atoms with E-state index in [0.717, 1.165) is 33.4 Å². The number of aliphatic carboxylic acids is 4. The number of halogens is 15. The summed E-state index contributed by atoms with van der Waals surface area (Å²) in [6.07, 6.45) is -10.3. The van der Waals surface area contributed by atoms with Crippen LogP contribution in [0.25, 0.3) is 22.3 Å². The maximum absolute atomic E-state index is 14.4. The van der Waals surface area contributed by atoms with Gasteiger partial charge >= 0.3 is 54.0 Å². The zero-order valence-electron chi connectivity index (χ0n) is 67.9. The SMILES string of the molecule is NCCOCC(=O)O.O=C(CCC(CCC(=O)Oc1c(F)c(F)c(F)c(F)c1F)(CCC(=O)Oc1c(F)c(F)c(F)c(F)c1F)NC(=O)OCC1c2ccccc2-c2ccccc21)Oc1c(F)c(F)c(F)c(F)c1F.O=C(O)COCCNC(=O)CCC(CCC(=O)NCCOCC(=O)O)(CCC(=O)NCCOCC(=O)O)NC(=O)OCC1c2ccccc2-c2ccccc21. The van der Waals surface area contributed by atoms with Crippen molar-refractivity contribution in [2.45, 2.75) is 100.0 Å². The van der Waals surface area contributed by atoms with Crippen molar-refractivity contribution in [2.75, 3.05) is 92.2 Å². The number of carboxylic acid groups (broad SMARTS) is 4. The van der Waals surface area contributed by atoms with Crippen LogP contribution in [0.5, 0.6) is 17.2 Å². The van der Waals surface area contributed by atoms with E-state index in [1.165, 1.54) is 0 Å². The number of hydrogen-bond acceptors (Lipinski definition) is 22. The fourth-order valence-corrected chi connectivity index (χ4v) is 13.2. The Morgan fingerprint density at radius 2 is 0.523 bits per heavy atom. The van der Waals surface area contributed by atoms with Gasteiger partial charge in [-0.15, -0.1) is 0 Å². The first kappa shape index (κ1) is 104. The highest BCUT2D eigenvalue weighted by Crippen LogP contribution is 2.47. The standard InChI is InChI=1S/C43H24F15NO8.C37H48N4O14.C4H9NO3/c44-24-27(47)33(53)39(34(54)28(24)48)65-21(60)9-12-43(13-10-22(61)66-40-35(55)29(49)25(45)30(50)36(40)56,14-11-23(62)67-41-37(57)31(51)26(46)32(52)38(41)58)59-42(63)64-15-20-18-7-3-1-5-16(18)17-6-2-4-8-19(17)20;42-30(38-15-18-52-22-33(45)46)9-12-37(13-10-31(43)39-16-19-53-23-34(47)48,14-11-32(44)40-17-20-54-24-35(49)50)41-36(51)55-21-29-27-7-3-1-5-25(27)26-6-2-4-8-28(26)29;5-1-2-8-3-4(6)7/h1-8,20H,9-15H2,(H,59,63);1-8,29H,9-24H2,(H,38,42)(H,39,43)(H,40,44)(H,41,51)(H,45,46)(H,47,48)(H,49,50);1-3,5H2,(H,6,7). The minimum atomic E-state index is -2.66. The van der Waals surface area contributed by atoms with Gasteiger partial charge in [0.15, 0.2) is 0 Å². The lowest BCUT2D eigenvalue weighted by Crippen LogP contribution is -2.51. The molecule has 31 nitrogen and oxygen atoms in total. The Labute approximate surface area is 726 Å². The van der Waals surface area contributed by atoms with Crippen molar-refractivity contribution in [3.8, 4) is 39.5 Å². The third kappa shape index (κ3) is 29.5. The van der Waals surface area contributed by atoms with E-state index in [9.17, 15) is 123 Å². The summed E-state index contributed by atoms with van der Waals surface area (Å²) in [5.41, 5.74) is 7.92. The van der Waals surface area contributed by atoms with Gasteiger partial charge in [-0.2, -0.15) is 26.3 Å². The molecule has 11 N–H and O–H groups in total. The van der Waals surface area contributed by atoms with E-state index in [4.69, 9.17) is 49.8 Å². The number of carbonyl (C=O) groups excluding carboxylic acids is 8. The molecule has 0 heterocycles. The van der Waals surface area contributed by atoms with Crippen molar-refractivity contribution in [1.29, 1.82) is 0 Å². The molecule has 2 aliphatic carbocycles. The highest BCUT2D eigenvalue weighted by molar-refractivity contribution is 5.83. The number of nitrogens with one attached hydrogen (secondary N) is 5. The summed E-state index contributed by atoms with van der Waals surface area (Å²) >= 11 is 0. The van der Waals surface area contributed by atoms with Gasteiger partial charge < -0.3 is 95.4 Å². The lowest BCUT2D eigenvalue weighted by molar-refractivity contribution is -0.143. The van der Waals surface area contributed by atoms with Crippen molar-refractivity contribution >= 4 is 71.7 Å². The van der Waals surface area contributed by atoms with Gasteiger partial charge in [0.1, 0.15) is 39.6 Å². The predicted octanol–water partition coefficient (Wildman–Crippen LogP) is 10.8. The van der Waals surface area contributed by atoms with E-state index in [1.54, 1.807) is 48.5 Å². The summed E-state index contributed by atoms with van der Waals surface area (Å²) in [4.78, 5) is 147. The predicted molar refractivity (Wildman–Crippen MR) is 415 cm³/mol. The minimum absolute atomic E-state index is 0.0115. The number of rotatable bonds is 46. The van der Waals surface area contributed by atoms with Crippen LogP contribution in [0.1, 0.15) is 111 Å². The molecule has 0 fully saturated rings. The Morgan fingerprint density at radius 3 is 0.754 bits per heavy atom. The van der Waals surface area contributed by atoms with E-state index in [2.05, 4.69) is 45.5 Å². The van der Waals surface area contributed by atoms with Crippen LogP contribution in [-0.4, -0.2) is 195 Å². The second kappa shape index (κ2) is 49.8. The molecule has 2 aliphatic rings. The van der Waals surface area contributed by atoms with E-state index >= 15 is 0 Å². The third-order valence-corrected chi connectivity index (χ3v) is 19.4. The normalized spacial score (nSPS) is 11.8. The molecule has 0 saturated carbocycles. The Bertz CT molecular complexity index is 4800. The number of nitrogens with two attached hydrogens (primary N) is 1. The van der Waals surface area contributed by atoms with Crippen LogP contribution in [0.15, 0.2) is 97.1 Å².